The van der Waals surface area contributed by atoms with Gasteiger partial charge < -0.3 is 30.4 Å². The summed E-state index contributed by atoms with van der Waals surface area (Å²) in [6, 6.07) is 22.4. The van der Waals surface area contributed by atoms with E-state index in [-0.39, 0.29) is 45.2 Å². The predicted molar refractivity (Wildman–Crippen MR) is 227 cm³/mol. The van der Waals surface area contributed by atoms with E-state index in [1.54, 1.807) is 24.3 Å². The minimum Gasteiger partial charge on any atom is -0.507 e. The van der Waals surface area contributed by atoms with Crippen molar-refractivity contribution in [2.75, 3.05) is 0 Å². The first-order valence-corrected chi connectivity index (χ1v) is 20.5. The Morgan fingerprint density at radius 2 is 1.00 bits per heavy atom. The van der Waals surface area contributed by atoms with Crippen molar-refractivity contribution in [2.24, 2.45) is 0 Å². The zero-order valence-electron chi connectivity index (χ0n) is 29.8. The van der Waals surface area contributed by atoms with E-state index in [1.165, 1.54) is 29.5 Å². The molecule has 0 bridgehead atoms. The standard InChI is InChI=1S/C22H15ClFNO3S.C22H16ClNO3S/c23-20-15(13-9-8-10-4-3-6-11(10)18(13)26)17-19(27)16(21(28)25-22(17)29-20)12-5-1-2-7-14(12)24;23-20-16(14-10-9-11-7-4-8-13(11)18(14)25)17-19(26)15(12-5-2-1-3-6-12)21(27)24-22(17)28-20/h1-2,5,7-9,26H,3-4,6H2,(H2,25,27,28);1-3,5-6,9-10,25H,4,7-8H2,(H2,24,26,27). The Labute approximate surface area is 341 Å². The lowest BCUT2D eigenvalue weighted by molar-refractivity contribution is 0.470. The summed E-state index contributed by atoms with van der Waals surface area (Å²) >= 11 is 15.3. The van der Waals surface area contributed by atoms with E-state index in [9.17, 15) is 34.4 Å². The fraction of sp³-hybridized carbons (Fsp3) is 0.136. The second kappa shape index (κ2) is 14.4. The molecule has 0 spiro atoms. The maximum absolute atomic E-state index is 14.4. The third kappa shape index (κ3) is 6.08. The largest absolute Gasteiger partial charge is 0.507 e. The minimum atomic E-state index is -0.615. The number of aromatic amines is 2. The van der Waals surface area contributed by atoms with E-state index in [0.29, 0.717) is 56.9 Å². The number of nitrogens with one attached hydrogen (secondary N) is 2. The van der Waals surface area contributed by atoms with Crippen LogP contribution in [0.2, 0.25) is 8.67 Å². The van der Waals surface area contributed by atoms with Crippen molar-refractivity contribution in [3.63, 3.8) is 0 Å². The number of hydrogen-bond donors (Lipinski definition) is 6. The summed E-state index contributed by atoms with van der Waals surface area (Å²) in [4.78, 5) is 31.6. The van der Waals surface area contributed by atoms with Crippen LogP contribution in [0.25, 0.3) is 64.9 Å². The molecule has 10 rings (SSSR count). The fourth-order valence-corrected chi connectivity index (χ4v) is 10.9. The number of benzene rings is 4. The Morgan fingerprint density at radius 1 is 0.526 bits per heavy atom. The molecule has 2 aliphatic rings. The molecule has 286 valence electrons. The zero-order chi connectivity index (χ0) is 39.7. The number of aromatic hydroxyl groups is 4. The van der Waals surface area contributed by atoms with Gasteiger partial charge in [0.1, 0.15) is 47.1 Å². The van der Waals surface area contributed by atoms with Crippen molar-refractivity contribution in [3.05, 3.63) is 136 Å². The van der Waals surface area contributed by atoms with Crippen LogP contribution < -0.4 is 11.1 Å². The predicted octanol–water partition coefficient (Wildman–Crippen LogP) is 11.1. The maximum Gasteiger partial charge on any atom is 0.260 e. The summed E-state index contributed by atoms with van der Waals surface area (Å²) in [7, 11) is 0. The van der Waals surface area contributed by atoms with Gasteiger partial charge in [0.25, 0.3) is 11.1 Å². The number of halogens is 3. The second-order valence-corrected chi connectivity index (χ2v) is 17.3. The number of rotatable bonds is 4. The van der Waals surface area contributed by atoms with Gasteiger partial charge in [0.2, 0.25) is 0 Å². The zero-order valence-corrected chi connectivity index (χ0v) is 32.9. The number of phenolic OH excluding ortho intramolecular Hbond substituents is 2. The number of phenols is 2. The number of pyridine rings is 2. The lowest BCUT2D eigenvalue weighted by atomic mass is 9.97. The van der Waals surface area contributed by atoms with E-state index in [1.807, 2.05) is 36.4 Å². The molecule has 0 amide bonds. The van der Waals surface area contributed by atoms with Gasteiger partial charge in [-0.2, -0.15) is 0 Å². The highest BCUT2D eigenvalue weighted by Gasteiger charge is 2.28. The van der Waals surface area contributed by atoms with Crippen molar-refractivity contribution in [3.8, 4) is 67.5 Å². The SMILES string of the molecule is O=c1[nH]c2sc(Cl)c(-c3ccc4c(c3O)CCC4)c2c(O)c1-c1ccccc1.O=c1[nH]c2sc(Cl)c(-c3ccc4c(c3O)CCC4)c2c(O)c1-c1ccccc1F. The number of aromatic nitrogens is 2. The van der Waals surface area contributed by atoms with Gasteiger partial charge in [-0.25, -0.2) is 4.39 Å². The molecular formula is C44H31Cl2FN2O6S2. The van der Waals surface area contributed by atoms with E-state index < -0.39 is 11.4 Å². The summed E-state index contributed by atoms with van der Waals surface area (Å²) in [5.74, 6) is -0.742. The van der Waals surface area contributed by atoms with Crippen molar-refractivity contribution in [1.29, 1.82) is 0 Å². The number of aryl methyl sites for hydroxylation is 2. The first kappa shape index (κ1) is 37.0. The van der Waals surface area contributed by atoms with Gasteiger partial charge in [-0.15, -0.1) is 22.7 Å². The lowest BCUT2D eigenvalue weighted by Crippen LogP contribution is -2.09. The van der Waals surface area contributed by atoms with Gasteiger partial charge in [-0.3, -0.25) is 9.59 Å². The van der Waals surface area contributed by atoms with E-state index in [2.05, 4.69) is 9.97 Å². The molecule has 2 aliphatic carbocycles. The van der Waals surface area contributed by atoms with Crippen LogP contribution in [0, 0.1) is 5.82 Å². The Bertz CT molecular complexity index is 3060. The number of hydrogen-bond acceptors (Lipinski definition) is 8. The second-order valence-electron chi connectivity index (χ2n) is 14.0. The molecule has 0 saturated carbocycles. The molecule has 6 N–H and O–H groups in total. The molecule has 13 heteroatoms. The quantitative estimate of drug-likeness (QED) is 0.104. The number of H-pyrrole nitrogens is 2. The van der Waals surface area contributed by atoms with Gasteiger partial charge in [0.15, 0.2) is 0 Å². The van der Waals surface area contributed by atoms with Crippen LogP contribution in [0.4, 0.5) is 4.39 Å². The molecule has 8 nitrogen and oxygen atoms in total. The van der Waals surface area contributed by atoms with Crippen LogP contribution in [0.3, 0.4) is 0 Å². The van der Waals surface area contributed by atoms with Crippen molar-refractivity contribution in [1.82, 2.24) is 9.97 Å². The summed E-state index contributed by atoms with van der Waals surface area (Å²) in [5, 5.41) is 44.6. The van der Waals surface area contributed by atoms with Crippen molar-refractivity contribution >= 4 is 66.3 Å². The van der Waals surface area contributed by atoms with Gasteiger partial charge >= 0.3 is 0 Å². The van der Waals surface area contributed by atoms with Crippen LogP contribution in [0.1, 0.15) is 35.1 Å². The molecule has 0 fully saturated rings. The van der Waals surface area contributed by atoms with E-state index in [0.717, 1.165) is 72.1 Å². The summed E-state index contributed by atoms with van der Waals surface area (Å²) in [6.07, 6.45) is 5.46. The third-order valence-corrected chi connectivity index (χ3v) is 13.5. The number of fused-ring (bicyclic) bond motifs is 4. The van der Waals surface area contributed by atoms with Crippen LogP contribution >= 0.6 is 45.9 Å². The van der Waals surface area contributed by atoms with Gasteiger partial charge in [-0.05, 0) is 72.4 Å². The van der Waals surface area contributed by atoms with Crippen LogP contribution in [-0.4, -0.2) is 30.4 Å². The molecule has 0 aliphatic heterocycles. The van der Waals surface area contributed by atoms with Gasteiger partial charge in [-0.1, -0.05) is 96.0 Å². The molecule has 0 atom stereocenters. The highest BCUT2D eigenvalue weighted by atomic mass is 35.5. The van der Waals surface area contributed by atoms with Crippen molar-refractivity contribution < 1.29 is 24.8 Å². The van der Waals surface area contributed by atoms with E-state index >= 15 is 0 Å². The average Bonchev–Trinajstić information content (AvgIpc) is 3.99. The third-order valence-electron chi connectivity index (χ3n) is 10.8. The van der Waals surface area contributed by atoms with Crippen molar-refractivity contribution in [2.45, 2.75) is 38.5 Å². The molecule has 8 aromatic rings. The van der Waals surface area contributed by atoms with Gasteiger partial charge in [0.05, 0.1) is 21.9 Å². The lowest BCUT2D eigenvalue weighted by Gasteiger charge is -2.11. The molecule has 4 aromatic carbocycles. The van der Waals surface area contributed by atoms with Gasteiger partial charge in [0, 0.05) is 27.8 Å². The van der Waals surface area contributed by atoms with Crippen LogP contribution in [0.15, 0.2) is 88.5 Å². The Morgan fingerprint density at radius 3 is 1.53 bits per heavy atom. The summed E-state index contributed by atoms with van der Waals surface area (Å²) in [6.45, 7) is 0. The molecular weight excluding hydrogens is 807 g/mol. The normalized spacial score (nSPS) is 13.2. The average molecular weight is 838 g/mol. The summed E-state index contributed by atoms with van der Waals surface area (Å²) < 4.78 is 15.1. The first-order valence-electron chi connectivity index (χ1n) is 18.2. The fourth-order valence-electron chi connectivity index (χ4n) is 8.20. The molecule has 0 radical (unpaired) electrons. The topological polar surface area (TPSA) is 147 Å². The first-order chi connectivity index (χ1) is 27.5. The van der Waals surface area contributed by atoms with Crippen LogP contribution in [-0.2, 0) is 25.7 Å². The molecule has 4 heterocycles. The minimum absolute atomic E-state index is 0.000372. The van der Waals surface area contributed by atoms with Crippen LogP contribution in [0.5, 0.6) is 23.0 Å². The molecule has 4 aromatic heterocycles. The highest BCUT2D eigenvalue weighted by Crippen LogP contribution is 2.52. The maximum atomic E-state index is 14.4. The highest BCUT2D eigenvalue weighted by molar-refractivity contribution is 7.23. The summed E-state index contributed by atoms with van der Waals surface area (Å²) in [5.41, 5.74) is 5.82. The Balaban J connectivity index is 0.000000148. The Kier molecular flexibility index (Phi) is 9.36. The smallest absolute Gasteiger partial charge is 0.260 e. The molecule has 0 unspecified atom stereocenters. The molecule has 57 heavy (non-hydrogen) atoms. The monoisotopic (exact) mass is 836 g/mol. The Hall–Kier alpha value is -5.59. The van der Waals surface area contributed by atoms with E-state index in [4.69, 9.17) is 23.2 Å². The molecule has 0 saturated heterocycles. The number of thiophene rings is 2.